The summed E-state index contributed by atoms with van der Waals surface area (Å²) in [4.78, 5) is 33.5. The van der Waals surface area contributed by atoms with Crippen LogP contribution in [0.2, 0.25) is 0 Å². The summed E-state index contributed by atoms with van der Waals surface area (Å²) in [7, 11) is 0. The van der Waals surface area contributed by atoms with Crippen molar-refractivity contribution in [1.82, 2.24) is 0 Å². The molecule has 0 unspecified atom stereocenters. The van der Waals surface area contributed by atoms with Crippen LogP contribution in [0.25, 0.3) is 0 Å². The standard InChI is InChI=1S/C10H16O6/c1-5(2)10(7(13)14,8(15)16)9(3,4)6(11)12/h5H,1-4H3,(H,11,12)(H,13,14)(H,15,16). The van der Waals surface area contributed by atoms with Crippen molar-refractivity contribution in [3.8, 4) is 0 Å². The molecule has 6 nitrogen and oxygen atoms in total. The molecular formula is C10H16O6. The molecule has 0 aliphatic carbocycles. The Hall–Kier alpha value is -1.59. The van der Waals surface area contributed by atoms with E-state index in [2.05, 4.69) is 0 Å². The average molecular weight is 232 g/mol. The molecule has 0 amide bonds. The van der Waals surface area contributed by atoms with E-state index in [4.69, 9.17) is 15.3 Å². The second-order valence-electron chi connectivity index (χ2n) is 4.50. The van der Waals surface area contributed by atoms with E-state index in [0.717, 1.165) is 13.8 Å². The SMILES string of the molecule is CC(C)C(C(=O)O)(C(=O)O)C(C)(C)C(=O)O. The molecule has 16 heavy (non-hydrogen) atoms. The largest absolute Gasteiger partial charge is 0.481 e. The lowest BCUT2D eigenvalue weighted by Crippen LogP contribution is -2.57. The number of aliphatic carboxylic acids is 3. The summed E-state index contributed by atoms with van der Waals surface area (Å²) in [5.74, 6) is -5.58. The number of hydrogen-bond donors (Lipinski definition) is 3. The molecule has 0 saturated carbocycles. The van der Waals surface area contributed by atoms with Crippen LogP contribution in [-0.2, 0) is 14.4 Å². The molecule has 3 N–H and O–H groups in total. The Morgan fingerprint density at radius 1 is 0.875 bits per heavy atom. The molecule has 0 atom stereocenters. The van der Waals surface area contributed by atoms with Crippen molar-refractivity contribution in [3.05, 3.63) is 0 Å². The lowest BCUT2D eigenvalue weighted by Gasteiger charge is -2.39. The third-order valence-corrected chi connectivity index (χ3v) is 3.06. The molecule has 0 radical (unpaired) electrons. The minimum atomic E-state index is -2.35. The summed E-state index contributed by atoms with van der Waals surface area (Å²) in [6, 6.07) is 0. The molecule has 0 aromatic heterocycles. The number of hydrogen-bond acceptors (Lipinski definition) is 3. The first-order valence-corrected chi connectivity index (χ1v) is 4.73. The van der Waals surface area contributed by atoms with Crippen LogP contribution in [0.15, 0.2) is 0 Å². The minimum absolute atomic E-state index is 0.853. The van der Waals surface area contributed by atoms with Gasteiger partial charge in [0.1, 0.15) is 0 Å². The van der Waals surface area contributed by atoms with Gasteiger partial charge in [0.05, 0.1) is 5.41 Å². The summed E-state index contributed by atoms with van der Waals surface area (Å²) in [6.07, 6.45) is 0. The van der Waals surface area contributed by atoms with Crippen LogP contribution in [0.3, 0.4) is 0 Å². The minimum Gasteiger partial charge on any atom is -0.481 e. The number of rotatable bonds is 5. The number of carboxylic acids is 3. The molecule has 92 valence electrons. The Bertz CT molecular complexity index is 314. The topological polar surface area (TPSA) is 112 Å². The summed E-state index contributed by atoms with van der Waals surface area (Å²) in [6.45, 7) is 4.98. The average Bonchev–Trinajstić information content (AvgIpc) is 2.00. The van der Waals surface area contributed by atoms with Gasteiger partial charge in [-0.25, -0.2) is 0 Å². The second-order valence-corrected chi connectivity index (χ2v) is 4.50. The highest BCUT2D eigenvalue weighted by atomic mass is 16.4. The summed E-state index contributed by atoms with van der Waals surface area (Å²) >= 11 is 0. The van der Waals surface area contributed by atoms with Gasteiger partial charge in [0.25, 0.3) is 0 Å². The predicted molar refractivity (Wildman–Crippen MR) is 54.0 cm³/mol. The van der Waals surface area contributed by atoms with Gasteiger partial charge in [0.15, 0.2) is 5.41 Å². The van der Waals surface area contributed by atoms with Gasteiger partial charge in [0, 0.05) is 0 Å². The van der Waals surface area contributed by atoms with Gasteiger partial charge in [-0.15, -0.1) is 0 Å². The zero-order valence-corrected chi connectivity index (χ0v) is 9.64. The van der Waals surface area contributed by atoms with Crippen molar-refractivity contribution >= 4 is 17.9 Å². The molecule has 0 fully saturated rings. The van der Waals surface area contributed by atoms with Gasteiger partial charge >= 0.3 is 17.9 Å². The molecule has 0 aromatic carbocycles. The van der Waals surface area contributed by atoms with Crippen molar-refractivity contribution in [1.29, 1.82) is 0 Å². The van der Waals surface area contributed by atoms with Crippen LogP contribution < -0.4 is 0 Å². The van der Waals surface area contributed by atoms with Gasteiger partial charge in [-0.3, -0.25) is 14.4 Å². The van der Waals surface area contributed by atoms with Crippen LogP contribution in [-0.4, -0.2) is 33.2 Å². The van der Waals surface area contributed by atoms with Crippen LogP contribution in [0.4, 0.5) is 0 Å². The molecule has 0 aromatic rings. The van der Waals surface area contributed by atoms with E-state index in [0.29, 0.717) is 0 Å². The maximum absolute atomic E-state index is 11.2. The maximum atomic E-state index is 11.2. The third-order valence-electron chi connectivity index (χ3n) is 3.06. The van der Waals surface area contributed by atoms with Gasteiger partial charge in [-0.05, 0) is 19.8 Å². The predicted octanol–water partition coefficient (Wildman–Crippen LogP) is 0.909. The van der Waals surface area contributed by atoms with E-state index in [-0.39, 0.29) is 0 Å². The molecule has 6 heteroatoms. The van der Waals surface area contributed by atoms with E-state index >= 15 is 0 Å². The Labute approximate surface area is 92.9 Å². The van der Waals surface area contributed by atoms with E-state index < -0.39 is 34.7 Å². The second kappa shape index (κ2) is 4.11. The van der Waals surface area contributed by atoms with Crippen molar-refractivity contribution in [3.63, 3.8) is 0 Å². The molecule has 0 heterocycles. The van der Waals surface area contributed by atoms with Crippen LogP contribution in [0.5, 0.6) is 0 Å². The number of carbonyl (C=O) groups is 3. The van der Waals surface area contributed by atoms with E-state index in [1.165, 1.54) is 13.8 Å². The molecule has 0 aliphatic rings. The van der Waals surface area contributed by atoms with Crippen LogP contribution in [0, 0.1) is 16.7 Å². The first-order valence-electron chi connectivity index (χ1n) is 4.73. The van der Waals surface area contributed by atoms with Crippen LogP contribution in [0.1, 0.15) is 27.7 Å². The third kappa shape index (κ3) is 1.64. The fourth-order valence-electron chi connectivity index (χ4n) is 2.01. The van der Waals surface area contributed by atoms with E-state index in [1.54, 1.807) is 0 Å². The fourth-order valence-corrected chi connectivity index (χ4v) is 2.01. The van der Waals surface area contributed by atoms with Crippen molar-refractivity contribution in [2.75, 3.05) is 0 Å². The van der Waals surface area contributed by atoms with Crippen molar-refractivity contribution in [2.45, 2.75) is 27.7 Å². The zero-order chi connectivity index (χ0) is 13.3. The zero-order valence-electron chi connectivity index (χ0n) is 9.64. The Morgan fingerprint density at radius 2 is 1.19 bits per heavy atom. The fraction of sp³-hybridized carbons (Fsp3) is 0.700. The van der Waals surface area contributed by atoms with E-state index in [9.17, 15) is 14.4 Å². The van der Waals surface area contributed by atoms with Crippen LogP contribution >= 0.6 is 0 Å². The quantitative estimate of drug-likeness (QED) is 0.607. The van der Waals surface area contributed by atoms with E-state index in [1.807, 2.05) is 0 Å². The Morgan fingerprint density at radius 3 is 1.25 bits per heavy atom. The highest BCUT2D eigenvalue weighted by molar-refractivity contribution is 6.03. The smallest absolute Gasteiger partial charge is 0.322 e. The van der Waals surface area contributed by atoms with Gasteiger partial charge < -0.3 is 15.3 Å². The maximum Gasteiger partial charge on any atom is 0.322 e. The Kier molecular flexibility index (Phi) is 3.70. The van der Waals surface area contributed by atoms with Gasteiger partial charge in [-0.1, -0.05) is 13.8 Å². The van der Waals surface area contributed by atoms with Crippen molar-refractivity contribution in [2.24, 2.45) is 16.7 Å². The molecule has 0 saturated heterocycles. The first kappa shape index (κ1) is 14.4. The summed E-state index contributed by atoms with van der Waals surface area (Å²) in [5, 5.41) is 27.2. The highest BCUT2D eigenvalue weighted by Gasteiger charge is 2.63. The summed E-state index contributed by atoms with van der Waals surface area (Å²) < 4.78 is 0. The molecule has 0 aliphatic heterocycles. The normalized spacial score (nSPS) is 12.6. The molecule has 0 bridgehead atoms. The highest BCUT2D eigenvalue weighted by Crippen LogP contribution is 2.46. The first-order chi connectivity index (χ1) is 7.02. The number of carboxylic acid groups (broad SMARTS) is 3. The molecule has 0 rings (SSSR count). The summed E-state index contributed by atoms with van der Waals surface area (Å²) in [5.41, 5.74) is -4.25. The monoisotopic (exact) mass is 232 g/mol. The lowest BCUT2D eigenvalue weighted by molar-refractivity contribution is -0.188. The van der Waals surface area contributed by atoms with Gasteiger partial charge in [-0.2, -0.15) is 0 Å². The lowest BCUT2D eigenvalue weighted by atomic mass is 9.59. The molecular weight excluding hydrogens is 216 g/mol. The van der Waals surface area contributed by atoms with Crippen molar-refractivity contribution < 1.29 is 29.7 Å². The molecule has 0 spiro atoms. The Balaban J connectivity index is 6.03. The van der Waals surface area contributed by atoms with Gasteiger partial charge in [0.2, 0.25) is 0 Å².